The number of ether oxygens (including phenoxy) is 2. The smallest absolute Gasteiger partial charge is 0.413 e. The van der Waals surface area contributed by atoms with Gasteiger partial charge in [0, 0.05) is 73.9 Å². The number of carbonyl (C=O) groups excluding carboxylic acids is 5. The molecular formula is C58H64Cl2N12O9. The molecule has 8 rings (SSSR count). The van der Waals surface area contributed by atoms with Crippen LogP contribution < -0.4 is 21.7 Å². The summed E-state index contributed by atoms with van der Waals surface area (Å²) in [6.07, 6.45) is 5.00. The van der Waals surface area contributed by atoms with E-state index < -0.39 is 35.3 Å². The maximum absolute atomic E-state index is 13.2. The van der Waals surface area contributed by atoms with Crippen molar-refractivity contribution < 1.29 is 43.3 Å². The monoisotopic (exact) mass is 1140 g/mol. The zero-order valence-electron chi connectivity index (χ0n) is 47.0. The molecule has 6 N–H and O–H groups in total. The van der Waals surface area contributed by atoms with Gasteiger partial charge in [0.1, 0.15) is 39.8 Å². The van der Waals surface area contributed by atoms with E-state index in [1.807, 2.05) is 84.0 Å². The highest BCUT2D eigenvalue weighted by molar-refractivity contribution is 6.31. The van der Waals surface area contributed by atoms with Crippen LogP contribution in [0, 0.1) is 27.7 Å². The number of benzene rings is 2. The second-order valence-electron chi connectivity index (χ2n) is 20.9. The molecule has 6 aromatic heterocycles. The van der Waals surface area contributed by atoms with Crippen LogP contribution in [0.1, 0.15) is 142 Å². The number of Topliss-reactive ketones (excluding diaryl/α,β-unsaturated/α-hetero) is 2. The molecule has 0 aliphatic carbocycles. The summed E-state index contributed by atoms with van der Waals surface area (Å²) in [7, 11) is 0. The van der Waals surface area contributed by atoms with E-state index in [1.165, 1.54) is 24.7 Å². The van der Waals surface area contributed by atoms with Crippen LogP contribution in [0.15, 0.2) is 85.5 Å². The van der Waals surface area contributed by atoms with Gasteiger partial charge in [-0.3, -0.25) is 44.3 Å². The van der Waals surface area contributed by atoms with E-state index in [0.29, 0.717) is 47.0 Å². The van der Waals surface area contributed by atoms with Crippen LogP contribution >= 0.6 is 23.2 Å². The fourth-order valence-corrected chi connectivity index (χ4v) is 8.56. The number of amides is 3. The van der Waals surface area contributed by atoms with Crippen molar-refractivity contribution in [1.82, 2.24) is 44.8 Å². The molecule has 8 aromatic rings. The van der Waals surface area contributed by atoms with Crippen LogP contribution in [0.2, 0.25) is 10.0 Å². The first-order valence-electron chi connectivity index (χ1n) is 25.4. The number of aromatic nitrogens is 8. The van der Waals surface area contributed by atoms with Crippen molar-refractivity contribution in [3.63, 3.8) is 0 Å². The Kier molecular flexibility index (Phi) is 19.8. The average molecular weight is 1140 g/mol. The van der Waals surface area contributed by atoms with Crippen molar-refractivity contribution in [3.8, 4) is 0 Å². The lowest BCUT2D eigenvalue weighted by Crippen LogP contribution is -2.28. The van der Waals surface area contributed by atoms with E-state index in [-0.39, 0.29) is 40.6 Å². The lowest BCUT2D eigenvalue weighted by Gasteiger charge is -2.20. The van der Waals surface area contributed by atoms with Gasteiger partial charge >= 0.3 is 18.2 Å². The fourth-order valence-electron chi connectivity index (χ4n) is 8.23. The van der Waals surface area contributed by atoms with Crippen LogP contribution in [-0.4, -0.2) is 91.4 Å². The molecule has 0 bridgehead atoms. The van der Waals surface area contributed by atoms with Crippen molar-refractivity contribution in [2.75, 3.05) is 10.6 Å². The minimum Gasteiger partial charge on any atom is -0.478 e. The number of fused-ring (bicyclic) bond motifs is 2. The van der Waals surface area contributed by atoms with Gasteiger partial charge < -0.3 is 25.6 Å². The maximum Gasteiger partial charge on any atom is 0.413 e. The number of carboxylic acid groups (broad SMARTS) is 1. The van der Waals surface area contributed by atoms with Crippen molar-refractivity contribution in [2.24, 2.45) is 5.73 Å². The van der Waals surface area contributed by atoms with E-state index in [9.17, 15) is 28.8 Å². The number of halogens is 2. The molecule has 6 heterocycles. The van der Waals surface area contributed by atoms with Gasteiger partial charge in [-0.15, -0.1) is 0 Å². The molecule has 0 aliphatic rings. The first kappa shape index (κ1) is 61.6. The van der Waals surface area contributed by atoms with Gasteiger partial charge in [-0.25, -0.2) is 24.4 Å². The molecule has 23 heteroatoms. The SMILES string of the molecule is CC(=O)c1nn(Cc2ccc3ncc(Cl)cc3c2)cc1C(=O)NCc1c(C)cc(NC(=O)OC(C)(C)C)nc1C.CC(=O)c1nn(Cc2ccc3ncc(Cl)cc3c2)cc1C(=O)O.Cc1cc(NC(=O)OC(C)(C)C)nc(C)c1CN. The molecule has 81 heavy (non-hydrogen) atoms. The van der Waals surface area contributed by atoms with Crippen molar-refractivity contribution >= 4 is 92.3 Å². The quantitative estimate of drug-likeness (QED) is 0.0671. The number of anilines is 2. The molecule has 3 amide bonds. The van der Waals surface area contributed by atoms with Gasteiger partial charge in [-0.1, -0.05) is 35.3 Å². The number of hydrogen-bond donors (Lipinski definition) is 5. The minimum absolute atomic E-state index is 0.0389. The Morgan fingerprint density at radius 2 is 1.04 bits per heavy atom. The maximum atomic E-state index is 13.2. The number of rotatable bonds is 13. The number of ketones is 2. The Morgan fingerprint density at radius 1 is 0.617 bits per heavy atom. The standard InChI is InChI=1S/C29H31ClN6O4.C16H12ClN3O3.C13H21N3O2/c1-16-9-25(34-28(39)40-29(4,5)6)33-17(2)22(16)13-32-27(38)23-15-36(35-26(23)18(3)37)14-19-7-8-24-20(10-19)11-21(30)12-31-24;1-9(21)15-13(16(22)23)8-20(19-15)7-10-2-3-14-11(4-10)5-12(17)6-18-14;1-8-6-11(15-9(2)10(8)7-14)16-12(17)18-13(3,4)5/h7-12,15H,13-14H2,1-6H3,(H,32,38)(H,33,34,39);2-6,8H,7H2,1H3,(H,22,23);6H,7,14H2,1-5H3,(H,15,16,17). The van der Waals surface area contributed by atoms with E-state index in [0.717, 1.165) is 60.9 Å². The largest absolute Gasteiger partial charge is 0.478 e. The van der Waals surface area contributed by atoms with Crippen molar-refractivity contribution in [3.05, 3.63) is 163 Å². The summed E-state index contributed by atoms with van der Waals surface area (Å²) in [5.74, 6) is -1.46. The lowest BCUT2D eigenvalue weighted by atomic mass is 10.1. The van der Waals surface area contributed by atoms with Crippen molar-refractivity contribution in [1.29, 1.82) is 0 Å². The molecule has 0 atom stereocenters. The first-order valence-corrected chi connectivity index (χ1v) is 26.1. The Labute approximate surface area is 478 Å². The topological polar surface area (TPSA) is 290 Å². The number of pyridine rings is 4. The summed E-state index contributed by atoms with van der Waals surface area (Å²) >= 11 is 12.0. The molecule has 0 saturated carbocycles. The third kappa shape index (κ3) is 17.4. The molecule has 0 saturated heterocycles. The predicted octanol–water partition coefficient (Wildman–Crippen LogP) is 11.2. The number of nitrogens with one attached hydrogen (secondary N) is 3. The number of nitrogens with zero attached hydrogens (tertiary/aromatic N) is 8. The van der Waals surface area contributed by atoms with Crippen LogP contribution in [0.3, 0.4) is 0 Å². The van der Waals surface area contributed by atoms with E-state index in [4.69, 9.17) is 43.5 Å². The molecule has 424 valence electrons. The zero-order valence-corrected chi connectivity index (χ0v) is 48.5. The number of aromatic carboxylic acids is 1. The molecule has 21 nitrogen and oxygen atoms in total. The van der Waals surface area contributed by atoms with Gasteiger partial charge in [0.15, 0.2) is 11.6 Å². The molecule has 2 aromatic carbocycles. The average Bonchev–Trinajstić information content (AvgIpc) is 4.06. The molecule has 0 aliphatic heterocycles. The predicted molar refractivity (Wildman–Crippen MR) is 309 cm³/mol. The first-order chi connectivity index (χ1) is 37.9. The number of aryl methyl sites for hydroxylation is 4. The molecular weight excluding hydrogens is 1080 g/mol. The van der Waals surface area contributed by atoms with E-state index in [2.05, 4.69) is 46.1 Å². The van der Waals surface area contributed by atoms with Gasteiger partial charge in [-0.05, 0) is 151 Å². The fraction of sp³-hybridized carbons (Fsp3) is 0.310. The summed E-state index contributed by atoms with van der Waals surface area (Å²) in [6, 6.07) is 18.5. The lowest BCUT2D eigenvalue weighted by molar-refractivity contribution is 0.0624. The minimum atomic E-state index is -1.17. The van der Waals surface area contributed by atoms with Crippen LogP contribution in [0.5, 0.6) is 0 Å². The normalized spacial score (nSPS) is 11.2. The Hall–Kier alpha value is -8.66. The van der Waals surface area contributed by atoms with Crippen molar-refractivity contribution in [2.45, 2.75) is 120 Å². The third-order valence-electron chi connectivity index (χ3n) is 11.8. The van der Waals surface area contributed by atoms with Gasteiger partial charge in [0.05, 0.1) is 39.7 Å². The van der Waals surface area contributed by atoms with Gasteiger partial charge in [0.25, 0.3) is 5.91 Å². The number of carboxylic acids is 1. The molecule has 0 unspecified atom stereocenters. The summed E-state index contributed by atoms with van der Waals surface area (Å²) in [5, 5.41) is 28.6. The highest BCUT2D eigenvalue weighted by Crippen LogP contribution is 2.23. The van der Waals surface area contributed by atoms with E-state index >= 15 is 0 Å². The second kappa shape index (κ2) is 26.1. The Morgan fingerprint density at radius 3 is 1.42 bits per heavy atom. The highest BCUT2D eigenvalue weighted by Gasteiger charge is 2.23. The third-order valence-corrected chi connectivity index (χ3v) is 12.2. The van der Waals surface area contributed by atoms with Crippen LogP contribution in [0.4, 0.5) is 21.2 Å². The van der Waals surface area contributed by atoms with Gasteiger partial charge in [-0.2, -0.15) is 10.2 Å². The highest BCUT2D eigenvalue weighted by atomic mass is 35.5. The molecule has 0 radical (unpaired) electrons. The Bertz CT molecular complexity index is 3630. The summed E-state index contributed by atoms with van der Waals surface area (Å²) in [4.78, 5) is 89.1. The second-order valence-corrected chi connectivity index (χ2v) is 21.7. The van der Waals surface area contributed by atoms with E-state index in [1.54, 1.807) is 69.2 Å². The number of hydrogen-bond acceptors (Lipinski definition) is 15. The number of carbonyl (C=O) groups is 6. The molecule has 0 spiro atoms. The van der Waals surface area contributed by atoms with Crippen LogP contribution in [0.25, 0.3) is 21.8 Å². The number of nitrogens with two attached hydrogens (primary N) is 1. The van der Waals surface area contributed by atoms with Crippen LogP contribution in [-0.2, 0) is 35.7 Å². The summed E-state index contributed by atoms with van der Waals surface area (Å²) < 4.78 is 13.5. The summed E-state index contributed by atoms with van der Waals surface area (Å²) in [5.41, 5.74) is 13.2. The molecule has 0 fully saturated rings. The summed E-state index contributed by atoms with van der Waals surface area (Å²) in [6.45, 7) is 22.2. The Balaban J connectivity index is 0.000000217. The zero-order chi connectivity index (χ0) is 59.7. The van der Waals surface area contributed by atoms with Gasteiger partial charge in [0.2, 0.25) is 0 Å².